The normalized spacial score (nSPS) is 15.9. The smallest absolute Gasteiger partial charge is 0.259 e. The number of aliphatic imine (C=N–C) groups is 1. The number of halogens is 1. The first-order valence-corrected chi connectivity index (χ1v) is 11.1. The summed E-state index contributed by atoms with van der Waals surface area (Å²) < 4.78 is 14.0. The van der Waals surface area contributed by atoms with Crippen molar-refractivity contribution in [1.29, 1.82) is 0 Å². The molecule has 154 valence electrons. The molecule has 1 heterocycles. The summed E-state index contributed by atoms with van der Waals surface area (Å²) in [5.41, 5.74) is 5.05. The number of hydrogen-bond donors (Lipinski definition) is 1. The highest BCUT2D eigenvalue weighted by Gasteiger charge is 2.28. The van der Waals surface area contributed by atoms with Crippen LogP contribution in [0.2, 0.25) is 0 Å². The molecule has 0 saturated carbocycles. The number of rotatable bonds is 4. The van der Waals surface area contributed by atoms with Crippen LogP contribution in [0.5, 0.6) is 0 Å². The molecular formula is C25H25FN2OS. The quantitative estimate of drug-likeness (QED) is 0.473. The van der Waals surface area contributed by atoms with Gasteiger partial charge in [0.15, 0.2) is 0 Å². The highest BCUT2D eigenvalue weighted by Crippen LogP contribution is 2.41. The summed E-state index contributed by atoms with van der Waals surface area (Å²) in [7, 11) is 0. The number of aryl methyl sites for hydroxylation is 2. The van der Waals surface area contributed by atoms with E-state index in [9.17, 15) is 9.18 Å². The Kier molecular flexibility index (Phi) is 5.82. The minimum absolute atomic E-state index is 0.139. The SMILES string of the molecule is Cc1cccc(C)c1NC(=O)c1c(N=Cc2ccccc2F)sc2c1CC[C@@H](C)C2. The summed E-state index contributed by atoms with van der Waals surface area (Å²) in [4.78, 5) is 19.2. The van der Waals surface area contributed by atoms with E-state index in [2.05, 4.69) is 17.2 Å². The van der Waals surface area contributed by atoms with Crippen LogP contribution in [-0.4, -0.2) is 12.1 Å². The van der Waals surface area contributed by atoms with Gasteiger partial charge in [-0.3, -0.25) is 4.79 Å². The van der Waals surface area contributed by atoms with E-state index in [1.165, 1.54) is 17.2 Å². The average Bonchev–Trinajstić information content (AvgIpc) is 3.07. The lowest BCUT2D eigenvalue weighted by Crippen LogP contribution is -2.17. The molecule has 0 saturated heterocycles. The van der Waals surface area contributed by atoms with Gasteiger partial charge in [0, 0.05) is 22.3 Å². The van der Waals surface area contributed by atoms with E-state index < -0.39 is 0 Å². The average molecular weight is 421 g/mol. The van der Waals surface area contributed by atoms with Crippen LogP contribution < -0.4 is 5.32 Å². The second kappa shape index (κ2) is 8.52. The number of amides is 1. The van der Waals surface area contributed by atoms with Gasteiger partial charge < -0.3 is 5.32 Å². The van der Waals surface area contributed by atoms with Gasteiger partial charge in [-0.2, -0.15) is 0 Å². The Labute approximate surface area is 180 Å². The van der Waals surface area contributed by atoms with Gasteiger partial charge in [-0.05, 0) is 61.8 Å². The molecule has 3 aromatic rings. The van der Waals surface area contributed by atoms with Crippen LogP contribution >= 0.6 is 11.3 Å². The molecule has 0 radical (unpaired) electrons. The summed E-state index contributed by atoms with van der Waals surface area (Å²) in [6.45, 7) is 6.22. The first-order chi connectivity index (χ1) is 14.4. The van der Waals surface area contributed by atoms with Crippen LogP contribution in [0.15, 0.2) is 47.5 Å². The lowest BCUT2D eigenvalue weighted by molar-refractivity contribution is 0.102. The fourth-order valence-electron chi connectivity index (χ4n) is 3.96. The van der Waals surface area contributed by atoms with Crippen molar-refractivity contribution >= 4 is 34.1 Å². The molecule has 1 aliphatic rings. The number of hydrogen-bond acceptors (Lipinski definition) is 3. The van der Waals surface area contributed by atoms with Crippen LogP contribution in [0.1, 0.15) is 50.8 Å². The highest BCUT2D eigenvalue weighted by molar-refractivity contribution is 7.16. The number of nitrogens with one attached hydrogen (secondary N) is 1. The predicted octanol–water partition coefficient (Wildman–Crippen LogP) is 6.63. The van der Waals surface area contributed by atoms with E-state index >= 15 is 0 Å². The largest absolute Gasteiger partial charge is 0.321 e. The molecule has 0 unspecified atom stereocenters. The maximum atomic E-state index is 14.0. The third-order valence-electron chi connectivity index (χ3n) is 5.67. The molecule has 30 heavy (non-hydrogen) atoms. The molecule has 1 N–H and O–H groups in total. The fourth-order valence-corrected chi connectivity index (χ4v) is 5.31. The lowest BCUT2D eigenvalue weighted by atomic mass is 9.88. The van der Waals surface area contributed by atoms with E-state index in [1.807, 2.05) is 32.0 Å². The Balaban J connectivity index is 1.74. The van der Waals surface area contributed by atoms with E-state index in [4.69, 9.17) is 0 Å². The molecular weight excluding hydrogens is 395 g/mol. The van der Waals surface area contributed by atoms with E-state index in [0.717, 1.165) is 41.6 Å². The maximum Gasteiger partial charge on any atom is 0.259 e. The number of thiophene rings is 1. The van der Waals surface area contributed by atoms with Crippen molar-refractivity contribution in [1.82, 2.24) is 0 Å². The van der Waals surface area contributed by atoms with Crippen LogP contribution in [0, 0.1) is 25.6 Å². The van der Waals surface area contributed by atoms with Gasteiger partial charge in [0.25, 0.3) is 5.91 Å². The van der Waals surface area contributed by atoms with Crippen molar-refractivity contribution in [2.45, 2.75) is 40.0 Å². The fraction of sp³-hybridized carbons (Fsp3) is 0.280. The summed E-state index contributed by atoms with van der Waals surface area (Å²) in [5, 5.41) is 3.77. The van der Waals surface area contributed by atoms with Crippen molar-refractivity contribution in [2.24, 2.45) is 10.9 Å². The Morgan fingerprint density at radius 3 is 2.63 bits per heavy atom. The Hall–Kier alpha value is -2.79. The maximum absolute atomic E-state index is 14.0. The van der Waals surface area contributed by atoms with Crippen molar-refractivity contribution in [3.63, 3.8) is 0 Å². The number of fused-ring (bicyclic) bond motifs is 1. The van der Waals surface area contributed by atoms with Crippen molar-refractivity contribution in [3.8, 4) is 0 Å². The molecule has 2 aromatic carbocycles. The first kappa shape index (κ1) is 20.5. The molecule has 1 atom stereocenters. The first-order valence-electron chi connectivity index (χ1n) is 10.2. The number of carbonyl (C=O) groups excluding carboxylic acids is 1. The summed E-state index contributed by atoms with van der Waals surface area (Å²) >= 11 is 1.56. The van der Waals surface area contributed by atoms with Crippen molar-refractivity contribution in [3.05, 3.63) is 81.0 Å². The van der Waals surface area contributed by atoms with Crippen LogP contribution in [-0.2, 0) is 12.8 Å². The molecule has 0 bridgehead atoms. The van der Waals surface area contributed by atoms with Gasteiger partial charge in [-0.25, -0.2) is 9.38 Å². The summed E-state index contributed by atoms with van der Waals surface area (Å²) in [5.74, 6) is 0.131. The molecule has 1 aromatic heterocycles. The minimum atomic E-state index is -0.322. The number of para-hydroxylation sites is 1. The topological polar surface area (TPSA) is 41.5 Å². The monoisotopic (exact) mass is 420 g/mol. The van der Waals surface area contributed by atoms with Gasteiger partial charge in [0.1, 0.15) is 10.8 Å². The number of carbonyl (C=O) groups is 1. The number of benzene rings is 2. The third-order valence-corrected chi connectivity index (χ3v) is 6.83. The minimum Gasteiger partial charge on any atom is -0.321 e. The van der Waals surface area contributed by atoms with Crippen LogP contribution in [0.25, 0.3) is 0 Å². The zero-order chi connectivity index (χ0) is 21.3. The zero-order valence-corrected chi connectivity index (χ0v) is 18.3. The molecule has 5 heteroatoms. The molecule has 0 aliphatic heterocycles. The molecule has 1 amide bonds. The van der Waals surface area contributed by atoms with Crippen molar-refractivity contribution < 1.29 is 9.18 Å². The molecule has 3 nitrogen and oxygen atoms in total. The van der Waals surface area contributed by atoms with Crippen LogP contribution in [0.4, 0.5) is 15.1 Å². The molecule has 0 fully saturated rings. The summed E-state index contributed by atoms with van der Waals surface area (Å²) in [6, 6.07) is 12.5. The molecule has 4 rings (SSSR count). The second-order valence-corrected chi connectivity index (χ2v) is 9.12. The predicted molar refractivity (Wildman–Crippen MR) is 123 cm³/mol. The van der Waals surface area contributed by atoms with Gasteiger partial charge in [0.05, 0.1) is 5.56 Å². The molecule has 1 aliphatic carbocycles. The van der Waals surface area contributed by atoms with Crippen molar-refractivity contribution in [2.75, 3.05) is 5.32 Å². The highest BCUT2D eigenvalue weighted by atomic mass is 32.1. The van der Waals surface area contributed by atoms with E-state index in [1.54, 1.807) is 29.5 Å². The number of nitrogens with zero attached hydrogens (tertiary/aromatic N) is 1. The third kappa shape index (κ3) is 4.08. The van der Waals surface area contributed by atoms with Crippen LogP contribution in [0.3, 0.4) is 0 Å². The van der Waals surface area contributed by atoms with Gasteiger partial charge in [-0.15, -0.1) is 11.3 Å². The lowest BCUT2D eigenvalue weighted by Gasteiger charge is -2.19. The Morgan fingerprint density at radius 2 is 1.90 bits per heavy atom. The number of anilines is 1. The Bertz CT molecular complexity index is 1110. The Morgan fingerprint density at radius 1 is 1.17 bits per heavy atom. The van der Waals surface area contributed by atoms with Gasteiger partial charge in [0.2, 0.25) is 0 Å². The standard InChI is InChI=1S/C25H25FN2OS/c1-15-11-12-19-21(13-15)30-25(27-14-18-9-4-5-10-20(18)26)22(19)24(29)28-23-16(2)7-6-8-17(23)3/h4-10,14-15H,11-13H2,1-3H3,(H,28,29)/t15-/m1/s1. The van der Waals surface area contributed by atoms with E-state index in [0.29, 0.717) is 22.0 Å². The van der Waals surface area contributed by atoms with Gasteiger partial charge >= 0.3 is 0 Å². The van der Waals surface area contributed by atoms with Gasteiger partial charge in [-0.1, -0.05) is 43.3 Å². The second-order valence-electron chi connectivity index (χ2n) is 8.03. The summed E-state index contributed by atoms with van der Waals surface area (Å²) in [6.07, 6.45) is 4.41. The molecule has 0 spiro atoms. The zero-order valence-electron chi connectivity index (χ0n) is 17.5. The van der Waals surface area contributed by atoms with E-state index in [-0.39, 0.29) is 11.7 Å².